The molecule has 3 N–H and O–H groups in total. The smallest absolute Gasteiger partial charge is 0.237 e. The second-order valence-corrected chi connectivity index (χ2v) is 6.80. The second kappa shape index (κ2) is 11.1. The van der Waals surface area contributed by atoms with Crippen molar-refractivity contribution in [2.75, 3.05) is 37.6 Å². The summed E-state index contributed by atoms with van der Waals surface area (Å²) in [4.78, 5) is 28.2. The van der Waals surface area contributed by atoms with Crippen LogP contribution in [0.1, 0.15) is 26.7 Å². The van der Waals surface area contributed by atoms with Gasteiger partial charge >= 0.3 is 0 Å². The van der Waals surface area contributed by atoms with E-state index in [-0.39, 0.29) is 42.4 Å². The molecule has 152 valence electrons. The first-order chi connectivity index (χ1) is 12.4. The average molecular weight is 401 g/mol. The molecule has 2 atom stereocenters. The number of amides is 2. The zero-order chi connectivity index (χ0) is 19.1. The molecule has 0 spiro atoms. The van der Waals surface area contributed by atoms with Gasteiger partial charge in [0.05, 0.1) is 6.04 Å². The van der Waals surface area contributed by atoms with Crippen LogP contribution in [0, 0.1) is 11.7 Å². The van der Waals surface area contributed by atoms with Crippen LogP contribution in [0.5, 0.6) is 0 Å². The summed E-state index contributed by atoms with van der Waals surface area (Å²) < 4.78 is 13.0. The Labute approximate surface area is 166 Å². The average Bonchev–Trinajstić information content (AvgIpc) is 2.67. The fourth-order valence-electron chi connectivity index (χ4n) is 2.95. The molecule has 8 heteroatoms. The number of halogens is 2. The molecule has 27 heavy (non-hydrogen) atoms. The molecule has 2 amide bonds. The Bertz CT molecular complexity index is 606. The number of piperazine rings is 1. The molecule has 1 aliphatic heterocycles. The van der Waals surface area contributed by atoms with E-state index < -0.39 is 6.04 Å². The highest BCUT2D eigenvalue weighted by Crippen LogP contribution is 2.17. The molecule has 1 fully saturated rings. The SMILES string of the molecule is CCC(C)C(N)C(=O)NCCC(=O)N1CCN(c2ccc(F)cc2)CC1.Cl. The minimum atomic E-state index is -0.533. The van der Waals surface area contributed by atoms with Gasteiger partial charge in [0.15, 0.2) is 0 Å². The number of anilines is 1. The van der Waals surface area contributed by atoms with E-state index in [0.29, 0.717) is 32.7 Å². The van der Waals surface area contributed by atoms with E-state index in [1.807, 2.05) is 13.8 Å². The Morgan fingerprint density at radius 2 is 1.78 bits per heavy atom. The number of carbonyl (C=O) groups excluding carboxylic acids is 2. The van der Waals surface area contributed by atoms with Crippen LogP contribution in [0.3, 0.4) is 0 Å². The normalized spacial score (nSPS) is 16.3. The molecule has 1 aliphatic rings. The van der Waals surface area contributed by atoms with E-state index >= 15 is 0 Å². The van der Waals surface area contributed by atoms with Crippen molar-refractivity contribution in [3.8, 4) is 0 Å². The first kappa shape index (κ1) is 23.2. The van der Waals surface area contributed by atoms with E-state index in [4.69, 9.17) is 5.73 Å². The summed E-state index contributed by atoms with van der Waals surface area (Å²) in [7, 11) is 0. The highest BCUT2D eigenvalue weighted by atomic mass is 35.5. The van der Waals surface area contributed by atoms with Crippen LogP contribution >= 0.6 is 12.4 Å². The number of nitrogens with one attached hydrogen (secondary N) is 1. The summed E-state index contributed by atoms with van der Waals surface area (Å²) in [5.74, 6) is -0.308. The molecule has 6 nitrogen and oxygen atoms in total. The third-order valence-electron chi connectivity index (χ3n) is 5.02. The quantitative estimate of drug-likeness (QED) is 0.731. The number of benzene rings is 1. The maximum absolute atomic E-state index is 13.0. The van der Waals surface area contributed by atoms with Crippen molar-refractivity contribution in [1.29, 1.82) is 0 Å². The van der Waals surface area contributed by atoms with Crippen molar-refractivity contribution in [2.45, 2.75) is 32.7 Å². The number of nitrogens with two attached hydrogens (primary N) is 1. The largest absolute Gasteiger partial charge is 0.368 e. The zero-order valence-electron chi connectivity index (χ0n) is 16.0. The molecule has 1 aromatic carbocycles. The van der Waals surface area contributed by atoms with Gasteiger partial charge in [-0.25, -0.2) is 4.39 Å². The van der Waals surface area contributed by atoms with Crippen molar-refractivity contribution in [3.05, 3.63) is 30.1 Å². The number of rotatable bonds is 7. The molecule has 2 unspecified atom stereocenters. The van der Waals surface area contributed by atoms with Gasteiger partial charge in [-0.3, -0.25) is 9.59 Å². The third kappa shape index (κ3) is 6.66. The molecular formula is C19H30ClFN4O2. The standard InChI is InChI=1S/C19H29FN4O2.ClH/c1-3-14(2)18(21)19(26)22-9-8-17(25)24-12-10-23(11-13-24)16-6-4-15(20)5-7-16;/h4-7,14,18H,3,8-13,21H2,1-2H3,(H,22,26);1H. The number of hydrogen-bond acceptors (Lipinski definition) is 4. The molecule has 1 saturated heterocycles. The van der Waals surface area contributed by atoms with Crippen LogP contribution in [-0.2, 0) is 9.59 Å². The van der Waals surface area contributed by atoms with E-state index in [1.54, 1.807) is 17.0 Å². The van der Waals surface area contributed by atoms with Gasteiger partial charge in [0.2, 0.25) is 11.8 Å². The minimum Gasteiger partial charge on any atom is -0.368 e. The lowest BCUT2D eigenvalue weighted by Gasteiger charge is -2.36. The van der Waals surface area contributed by atoms with Crippen molar-refractivity contribution >= 4 is 29.9 Å². The fraction of sp³-hybridized carbons (Fsp3) is 0.579. The number of carbonyl (C=O) groups is 2. The van der Waals surface area contributed by atoms with Crippen LogP contribution in [0.2, 0.25) is 0 Å². The summed E-state index contributed by atoms with van der Waals surface area (Å²) >= 11 is 0. The van der Waals surface area contributed by atoms with Crippen LogP contribution in [0.15, 0.2) is 24.3 Å². The maximum Gasteiger partial charge on any atom is 0.237 e. The van der Waals surface area contributed by atoms with Crippen LogP contribution in [0.25, 0.3) is 0 Å². The molecule has 0 aromatic heterocycles. The van der Waals surface area contributed by atoms with Crippen molar-refractivity contribution in [1.82, 2.24) is 10.2 Å². The Morgan fingerprint density at radius 3 is 2.33 bits per heavy atom. The Morgan fingerprint density at radius 1 is 1.19 bits per heavy atom. The molecule has 0 radical (unpaired) electrons. The van der Waals surface area contributed by atoms with Crippen molar-refractivity contribution < 1.29 is 14.0 Å². The first-order valence-electron chi connectivity index (χ1n) is 9.24. The van der Waals surface area contributed by atoms with Crippen LogP contribution in [-0.4, -0.2) is 55.5 Å². The first-order valence-corrected chi connectivity index (χ1v) is 9.24. The number of nitrogens with zero attached hydrogens (tertiary/aromatic N) is 2. The van der Waals surface area contributed by atoms with Gasteiger partial charge in [-0.15, -0.1) is 12.4 Å². The Hall–Kier alpha value is -1.86. The van der Waals surface area contributed by atoms with Gasteiger partial charge in [-0.05, 0) is 30.2 Å². The molecule has 1 aromatic rings. The lowest BCUT2D eigenvalue weighted by Crippen LogP contribution is -2.50. The molecule has 1 heterocycles. The molecule has 0 saturated carbocycles. The van der Waals surface area contributed by atoms with E-state index in [9.17, 15) is 14.0 Å². The predicted octanol–water partition coefficient (Wildman–Crippen LogP) is 1.78. The van der Waals surface area contributed by atoms with Gasteiger partial charge in [-0.1, -0.05) is 20.3 Å². The van der Waals surface area contributed by atoms with E-state index in [2.05, 4.69) is 10.2 Å². The third-order valence-corrected chi connectivity index (χ3v) is 5.02. The van der Waals surface area contributed by atoms with Crippen molar-refractivity contribution in [2.24, 2.45) is 11.7 Å². The summed E-state index contributed by atoms with van der Waals surface area (Å²) in [6.45, 7) is 6.90. The molecule has 2 rings (SSSR count). The van der Waals surface area contributed by atoms with Gasteiger partial charge < -0.3 is 20.9 Å². The summed E-state index contributed by atoms with van der Waals surface area (Å²) in [6.07, 6.45) is 1.11. The van der Waals surface area contributed by atoms with Crippen molar-refractivity contribution in [3.63, 3.8) is 0 Å². The summed E-state index contributed by atoms with van der Waals surface area (Å²) in [5, 5.41) is 2.75. The zero-order valence-corrected chi connectivity index (χ0v) is 16.8. The topological polar surface area (TPSA) is 78.7 Å². The van der Waals surface area contributed by atoms with Gasteiger partial charge in [0, 0.05) is 44.8 Å². The van der Waals surface area contributed by atoms with Gasteiger partial charge in [0.25, 0.3) is 0 Å². The highest BCUT2D eigenvalue weighted by molar-refractivity contribution is 5.85. The lowest BCUT2D eigenvalue weighted by atomic mass is 9.99. The Kier molecular flexibility index (Phi) is 9.52. The van der Waals surface area contributed by atoms with Gasteiger partial charge in [0.1, 0.15) is 5.82 Å². The fourth-order valence-corrected chi connectivity index (χ4v) is 2.95. The minimum absolute atomic E-state index is 0. The summed E-state index contributed by atoms with van der Waals surface area (Å²) in [5.41, 5.74) is 6.84. The molecule has 0 bridgehead atoms. The van der Waals surface area contributed by atoms with E-state index in [1.165, 1.54) is 12.1 Å². The Balaban J connectivity index is 0.00000364. The lowest BCUT2D eigenvalue weighted by molar-refractivity contribution is -0.131. The predicted molar refractivity (Wildman–Crippen MR) is 107 cm³/mol. The van der Waals surface area contributed by atoms with Crippen LogP contribution in [0.4, 0.5) is 10.1 Å². The maximum atomic E-state index is 13.0. The second-order valence-electron chi connectivity index (χ2n) is 6.80. The number of hydrogen-bond donors (Lipinski definition) is 2. The molecular weight excluding hydrogens is 371 g/mol. The molecule has 0 aliphatic carbocycles. The van der Waals surface area contributed by atoms with Gasteiger partial charge in [-0.2, -0.15) is 0 Å². The monoisotopic (exact) mass is 400 g/mol. The highest BCUT2D eigenvalue weighted by Gasteiger charge is 2.22. The summed E-state index contributed by atoms with van der Waals surface area (Å²) in [6, 6.07) is 5.86. The van der Waals surface area contributed by atoms with Crippen LogP contribution < -0.4 is 16.0 Å². The van der Waals surface area contributed by atoms with E-state index in [0.717, 1.165) is 12.1 Å².